The molecule has 0 fully saturated rings. The third-order valence-electron chi connectivity index (χ3n) is 3.39. The molecule has 2 rings (SSSR count). The summed E-state index contributed by atoms with van der Waals surface area (Å²) in [7, 11) is 0. The number of anilines is 1. The predicted octanol–water partition coefficient (Wildman–Crippen LogP) is 2.30. The minimum Gasteiger partial charge on any atom is -0.393 e. The first-order valence-corrected chi connectivity index (χ1v) is 5.67. The quantitative estimate of drug-likeness (QED) is 0.800. The van der Waals surface area contributed by atoms with E-state index in [1.807, 2.05) is 6.92 Å². The number of likely N-dealkylation sites (N-methyl/N-ethyl adjacent to an activating group) is 1. The SMILES string of the molecule is CCN1CC(C(C)O)c2c(C)cccc21. The van der Waals surface area contributed by atoms with E-state index in [0.29, 0.717) is 0 Å². The highest BCUT2D eigenvalue weighted by Crippen LogP contribution is 2.39. The highest BCUT2D eigenvalue weighted by molar-refractivity contribution is 5.63. The first-order chi connectivity index (χ1) is 7.15. The molecule has 0 aliphatic carbocycles. The van der Waals surface area contributed by atoms with Crippen molar-refractivity contribution in [3.63, 3.8) is 0 Å². The van der Waals surface area contributed by atoms with E-state index in [4.69, 9.17) is 0 Å². The number of aryl methyl sites for hydroxylation is 1. The molecular formula is C13H19NO. The van der Waals surface area contributed by atoms with Gasteiger partial charge in [-0.15, -0.1) is 0 Å². The van der Waals surface area contributed by atoms with Crippen molar-refractivity contribution in [3.05, 3.63) is 29.3 Å². The van der Waals surface area contributed by atoms with Crippen LogP contribution >= 0.6 is 0 Å². The highest BCUT2D eigenvalue weighted by atomic mass is 16.3. The monoisotopic (exact) mass is 205 g/mol. The molecule has 1 heterocycles. The summed E-state index contributed by atoms with van der Waals surface area (Å²) in [4.78, 5) is 2.35. The molecule has 82 valence electrons. The van der Waals surface area contributed by atoms with E-state index in [9.17, 15) is 5.11 Å². The summed E-state index contributed by atoms with van der Waals surface area (Å²) in [6.45, 7) is 8.15. The Labute approximate surface area is 91.5 Å². The second-order valence-electron chi connectivity index (χ2n) is 4.39. The molecule has 1 aliphatic rings. The molecule has 2 atom stereocenters. The highest BCUT2D eigenvalue weighted by Gasteiger charge is 2.31. The summed E-state index contributed by atoms with van der Waals surface area (Å²) in [6, 6.07) is 6.39. The van der Waals surface area contributed by atoms with Gasteiger partial charge in [0.1, 0.15) is 0 Å². The zero-order valence-electron chi connectivity index (χ0n) is 9.70. The van der Waals surface area contributed by atoms with E-state index in [-0.39, 0.29) is 12.0 Å². The molecule has 1 aromatic rings. The molecule has 0 bridgehead atoms. The number of aliphatic hydroxyl groups is 1. The summed E-state index contributed by atoms with van der Waals surface area (Å²) >= 11 is 0. The number of nitrogens with zero attached hydrogens (tertiary/aromatic N) is 1. The average molecular weight is 205 g/mol. The maximum absolute atomic E-state index is 9.81. The van der Waals surface area contributed by atoms with Crippen molar-refractivity contribution < 1.29 is 5.11 Å². The standard InChI is InChI=1S/C13H19NO/c1-4-14-8-11(10(3)15)13-9(2)6-5-7-12(13)14/h5-7,10-11,15H,4,8H2,1-3H3. The normalized spacial score (nSPS) is 21.6. The van der Waals surface area contributed by atoms with Gasteiger partial charge in [-0.25, -0.2) is 0 Å². The largest absolute Gasteiger partial charge is 0.393 e. The van der Waals surface area contributed by atoms with Gasteiger partial charge in [-0.3, -0.25) is 0 Å². The maximum Gasteiger partial charge on any atom is 0.0598 e. The van der Waals surface area contributed by atoms with Gasteiger partial charge < -0.3 is 10.0 Å². The molecule has 0 spiro atoms. The van der Waals surface area contributed by atoms with Crippen LogP contribution in [-0.4, -0.2) is 24.3 Å². The first kappa shape index (κ1) is 10.5. The Kier molecular flexibility index (Phi) is 2.70. The molecule has 1 aliphatic heterocycles. The zero-order chi connectivity index (χ0) is 11.0. The van der Waals surface area contributed by atoms with Crippen molar-refractivity contribution in [1.82, 2.24) is 0 Å². The van der Waals surface area contributed by atoms with Crippen LogP contribution in [0.25, 0.3) is 0 Å². The molecule has 2 nitrogen and oxygen atoms in total. The summed E-state index contributed by atoms with van der Waals surface area (Å²) in [6.07, 6.45) is -0.263. The fraction of sp³-hybridized carbons (Fsp3) is 0.538. The lowest BCUT2D eigenvalue weighted by Crippen LogP contribution is -2.25. The van der Waals surface area contributed by atoms with Crippen LogP contribution in [-0.2, 0) is 0 Å². The lowest BCUT2D eigenvalue weighted by Gasteiger charge is -2.18. The Hall–Kier alpha value is -1.02. The number of hydrogen-bond donors (Lipinski definition) is 1. The third-order valence-corrected chi connectivity index (χ3v) is 3.39. The number of aliphatic hydroxyl groups excluding tert-OH is 1. The molecule has 2 heteroatoms. The van der Waals surface area contributed by atoms with Gasteiger partial charge in [0.05, 0.1) is 6.10 Å². The van der Waals surface area contributed by atoms with E-state index in [1.54, 1.807) is 0 Å². The predicted molar refractivity (Wildman–Crippen MR) is 63.5 cm³/mol. The first-order valence-electron chi connectivity index (χ1n) is 5.67. The van der Waals surface area contributed by atoms with Gasteiger partial charge in [-0.2, -0.15) is 0 Å². The Morgan fingerprint density at radius 3 is 2.87 bits per heavy atom. The Bertz CT molecular complexity index is 360. The van der Waals surface area contributed by atoms with Crippen LogP contribution in [0.3, 0.4) is 0 Å². The molecular weight excluding hydrogens is 186 g/mol. The van der Waals surface area contributed by atoms with Gasteiger partial charge in [0, 0.05) is 24.7 Å². The van der Waals surface area contributed by atoms with Gasteiger partial charge in [-0.05, 0) is 38.0 Å². The van der Waals surface area contributed by atoms with Gasteiger partial charge in [0.25, 0.3) is 0 Å². The van der Waals surface area contributed by atoms with E-state index in [0.717, 1.165) is 13.1 Å². The zero-order valence-corrected chi connectivity index (χ0v) is 9.70. The van der Waals surface area contributed by atoms with Crippen LogP contribution in [0.2, 0.25) is 0 Å². The van der Waals surface area contributed by atoms with Gasteiger partial charge >= 0.3 is 0 Å². The van der Waals surface area contributed by atoms with E-state index >= 15 is 0 Å². The Balaban J connectivity index is 2.48. The van der Waals surface area contributed by atoms with Crippen LogP contribution in [0.15, 0.2) is 18.2 Å². The Morgan fingerprint density at radius 2 is 2.27 bits per heavy atom. The van der Waals surface area contributed by atoms with E-state index in [1.165, 1.54) is 16.8 Å². The second kappa shape index (κ2) is 3.86. The number of benzene rings is 1. The number of rotatable bonds is 2. The summed E-state index contributed by atoms with van der Waals surface area (Å²) in [5.74, 6) is 0.279. The van der Waals surface area contributed by atoms with Crippen molar-refractivity contribution in [2.45, 2.75) is 32.8 Å². The van der Waals surface area contributed by atoms with Crippen molar-refractivity contribution in [3.8, 4) is 0 Å². The van der Waals surface area contributed by atoms with Gasteiger partial charge in [0.2, 0.25) is 0 Å². The lowest BCUT2D eigenvalue weighted by molar-refractivity contribution is 0.167. The second-order valence-corrected chi connectivity index (χ2v) is 4.39. The maximum atomic E-state index is 9.81. The van der Waals surface area contributed by atoms with Crippen molar-refractivity contribution in [2.24, 2.45) is 0 Å². The molecule has 1 aromatic carbocycles. The topological polar surface area (TPSA) is 23.5 Å². The molecule has 0 aromatic heterocycles. The molecule has 0 amide bonds. The van der Waals surface area contributed by atoms with Crippen LogP contribution in [0.5, 0.6) is 0 Å². The van der Waals surface area contributed by atoms with Crippen LogP contribution in [0, 0.1) is 6.92 Å². The lowest BCUT2D eigenvalue weighted by atomic mass is 9.93. The molecule has 0 saturated carbocycles. The van der Waals surface area contributed by atoms with Crippen molar-refractivity contribution >= 4 is 5.69 Å². The van der Waals surface area contributed by atoms with Crippen molar-refractivity contribution in [2.75, 3.05) is 18.0 Å². The van der Waals surface area contributed by atoms with Crippen molar-refractivity contribution in [1.29, 1.82) is 0 Å². The molecule has 0 saturated heterocycles. The summed E-state index contributed by atoms with van der Waals surface area (Å²) in [5.41, 5.74) is 3.95. The van der Waals surface area contributed by atoms with E-state index < -0.39 is 0 Å². The number of fused-ring (bicyclic) bond motifs is 1. The fourth-order valence-electron chi connectivity index (χ4n) is 2.54. The molecule has 15 heavy (non-hydrogen) atoms. The van der Waals surface area contributed by atoms with Crippen LogP contribution in [0.4, 0.5) is 5.69 Å². The third kappa shape index (κ3) is 1.63. The molecule has 1 N–H and O–H groups in total. The summed E-state index contributed by atoms with van der Waals surface area (Å²) in [5, 5.41) is 9.81. The minimum absolute atomic E-state index is 0.263. The van der Waals surface area contributed by atoms with Crippen LogP contribution in [0.1, 0.15) is 30.9 Å². The van der Waals surface area contributed by atoms with Crippen LogP contribution < -0.4 is 4.90 Å². The van der Waals surface area contributed by atoms with Gasteiger partial charge in [-0.1, -0.05) is 12.1 Å². The van der Waals surface area contributed by atoms with Gasteiger partial charge in [0.15, 0.2) is 0 Å². The summed E-state index contributed by atoms with van der Waals surface area (Å²) < 4.78 is 0. The fourth-order valence-corrected chi connectivity index (χ4v) is 2.54. The van der Waals surface area contributed by atoms with E-state index in [2.05, 4.69) is 36.9 Å². The number of hydrogen-bond acceptors (Lipinski definition) is 2. The molecule has 0 radical (unpaired) electrons. The Morgan fingerprint density at radius 1 is 1.53 bits per heavy atom. The average Bonchev–Trinajstić information content (AvgIpc) is 2.58. The minimum atomic E-state index is -0.263. The molecule has 2 unspecified atom stereocenters. The smallest absolute Gasteiger partial charge is 0.0598 e.